The van der Waals surface area contributed by atoms with E-state index in [1.165, 1.54) is 0 Å². The highest BCUT2D eigenvalue weighted by Gasteiger charge is 2.17. The van der Waals surface area contributed by atoms with E-state index in [0.717, 1.165) is 5.56 Å². The highest BCUT2D eigenvalue weighted by molar-refractivity contribution is 7.91. The number of nitrogens with zero attached hydrogens (tertiary/aromatic N) is 1. The summed E-state index contributed by atoms with van der Waals surface area (Å²) in [5, 5.41) is 6.13. The maximum absolute atomic E-state index is 12.5. The van der Waals surface area contributed by atoms with E-state index in [2.05, 4.69) is 36.4 Å². The minimum atomic E-state index is -3.33. The summed E-state index contributed by atoms with van der Waals surface area (Å²) in [5.41, 5.74) is 1.12. The topological polar surface area (TPSA) is 79.8 Å². The number of rotatable bonds is 8. The van der Waals surface area contributed by atoms with E-state index in [1.54, 1.807) is 19.2 Å². The molecular formula is C18H31N3O3S. The third-order valence-corrected chi connectivity index (χ3v) is 5.38. The molecule has 25 heavy (non-hydrogen) atoms. The second kappa shape index (κ2) is 9.77. The molecule has 2 N–H and O–H groups in total. The Morgan fingerprint density at radius 3 is 2.32 bits per heavy atom. The number of nitrogens with one attached hydrogen (secondary N) is 2. The zero-order valence-corrected chi connectivity index (χ0v) is 16.7. The molecule has 0 unspecified atom stereocenters. The van der Waals surface area contributed by atoms with Crippen molar-refractivity contribution in [3.05, 3.63) is 29.8 Å². The van der Waals surface area contributed by atoms with Crippen LogP contribution >= 0.6 is 0 Å². The number of benzene rings is 1. The van der Waals surface area contributed by atoms with Crippen molar-refractivity contribution in [3.8, 4) is 0 Å². The molecule has 0 radical (unpaired) electrons. The summed E-state index contributed by atoms with van der Waals surface area (Å²) >= 11 is 0. The van der Waals surface area contributed by atoms with Gasteiger partial charge in [0.15, 0.2) is 15.8 Å². The molecule has 0 aliphatic rings. The Kier molecular flexibility index (Phi) is 8.38. The number of ether oxygens (including phenoxy) is 1. The van der Waals surface area contributed by atoms with Crippen LogP contribution in [0.3, 0.4) is 0 Å². The molecule has 0 bridgehead atoms. The molecule has 0 atom stereocenters. The van der Waals surface area contributed by atoms with Gasteiger partial charge in [0.2, 0.25) is 0 Å². The highest BCUT2D eigenvalue weighted by atomic mass is 32.2. The third kappa shape index (κ3) is 7.44. The van der Waals surface area contributed by atoms with Gasteiger partial charge in [0, 0.05) is 20.2 Å². The van der Waals surface area contributed by atoms with E-state index < -0.39 is 9.84 Å². The normalized spacial score (nSPS) is 12.9. The van der Waals surface area contributed by atoms with Gasteiger partial charge in [0.1, 0.15) is 0 Å². The molecule has 7 heteroatoms. The third-order valence-electron chi connectivity index (χ3n) is 3.65. The lowest BCUT2D eigenvalue weighted by molar-refractivity contribution is 0.208. The van der Waals surface area contributed by atoms with Gasteiger partial charge < -0.3 is 15.4 Å². The van der Waals surface area contributed by atoms with Crippen LogP contribution in [-0.2, 0) is 20.0 Å². The van der Waals surface area contributed by atoms with E-state index in [0.29, 0.717) is 37.1 Å². The first-order valence-corrected chi connectivity index (χ1v) is 10.2. The quantitative estimate of drug-likeness (QED) is 0.416. The lowest BCUT2D eigenvalue weighted by Gasteiger charge is -2.19. The predicted molar refractivity (Wildman–Crippen MR) is 103 cm³/mol. The first-order chi connectivity index (χ1) is 11.7. The smallest absolute Gasteiger partial charge is 0.191 e. The summed E-state index contributed by atoms with van der Waals surface area (Å²) in [4.78, 5) is 4.66. The van der Waals surface area contributed by atoms with Crippen LogP contribution in [0.25, 0.3) is 0 Å². The number of aliphatic imine (C=N–C) groups is 1. The van der Waals surface area contributed by atoms with Gasteiger partial charge >= 0.3 is 0 Å². The van der Waals surface area contributed by atoms with Gasteiger partial charge in [-0.2, -0.15) is 0 Å². The predicted octanol–water partition coefficient (Wildman–Crippen LogP) is 1.96. The van der Waals surface area contributed by atoms with Crippen molar-refractivity contribution in [1.82, 2.24) is 10.6 Å². The number of hydrogen-bond donors (Lipinski definition) is 2. The summed E-state index contributed by atoms with van der Waals surface area (Å²) in [6.45, 7) is 10.3. The van der Waals surface area contributed by atoms with E-state index in [9.17, 15) is 8.42 Å². The minimum Gasteiger partial charge on any atom is -0.383 e. The lowest BCUT2D eigenvalue weighted by Crippen LogP contribution is -2.39. The molecule has 0 amide bonds. The summed E-state index contributed by atoms with van der Waals surface area (Å²) in [5.74, 6) is 0.606. The standard InChI is InChI=1S/C18H31N3O3S/c1-6-19-17(20-11-13-24-5)21-12-14-25(22,23)16-9-7-15(8-10-16)18(2,3)4/h7-10H,6,11-14H2,1-5H3,(H2,19,20,21). The van der Waals surface area contributed by atoms with Crippen LogP contribution < -0.4 is 10.6 Å². The fraction of sp³-hybridized carbons (Fsp3) is 0.611. The van der Waals surface area contributed by atoms with Crippen LogP contribution in [0.2, 0.25) is 0 Å². The zero-order chi connectivity index (χ0) is 18.9. The van der Waals surface area contributed by atoms with Crippen molar-refractivity contribution < 1.29 is 13.2 Å². The molecule has 1 rings (SSSR count). The second-order valence-electron chi connectivity index (χ2n) is 6.77. The van der Waals surface area contributed by atoms with Gasteiger partial charge in [-0.1, -0.05) is 32.9 Å². The van der Waals surface area contributed by atoms with E-state index >= 15 is 0 Å². The van der Waals surface area contributed by atoms with Crippen LogP contribution in [0, 0.1) is 0 Å². The first-order valence-electron chi connectivity index (χ1n) is 8.55. The molecule has 0 aliphatic carbocycles. The number of hydrogen-bond acceptors (Lipinski definition) is 4. The second-order valence-corrected chi connectivity index (χ2v) is 8.88. The van der Waals surface area contributed by atoms with E-state index in [-0.39, 0.29) is 11.2 Å². The van der Waals surface area contributed by atoms with Crippen molar-refractivity contribution in [3.63, 3.8) is 0 Å². The summed E-state index contributed by atoms with van der Waals surface area (Å²) in [6, 6.07) is 7.15. The van der Waals surface area contributed by atoms with Crippen LogP contribution in [0.1, 0.15) is 33.3 Å². The van der Waals surface area contributed by atoms with Crippen molar-refractivity contribution in [2.45, 2.75) is 38.0 Å². The number of sulfone groups is 1. The molecule has 0 saturated carbocycles. The Hall–Kier alpha value is -1.60. The molecule has 142 valence electrons. The fourth-order valence-electron chi connectivity index (χ4n) is 2.17. The molecule has 6 nitrogen and oxygen atoms in total. The van der Waals surface area contributed by atoms with E-state index in [1.807, 2.05) is 19.1 Å². The lowest BCUT2D eigenvalue weighted by atomic mass is 9.87. The zero-order valence-electron chi connectivity index (χ0n) is 15.9. The molecule has 0 aromatic heterocycles. The largest absolute Gasteiger partial charge is 0.383 e. The molecule has 1 aromatic rings. The molecule has 0 heterocycles. The molecule has 0 saturated heterocycles. The average Bonchev–Trinajstić information content (AvgIpc) is 2.54. The molecule has 0 fully saturated rings. The van der Waals surface area contributed by atoms with Gasteiger partial charge in [0.25, 0.3) is 0 Å². The van der Waals surface area contributed by atoms with Crippen molar-refractivity contribution >= 4 is 15.8 Å². The molecule has 0 aliphatic heterocycles. The number of methoxy groups -OCH3 is 1. The van der Waals surface area contributed by atoms with E-state index in [4.69, 9.17) is 4.74 Å². The van der Waals surface area contributed by atoms with Crippen LogP contribution in [0.5, 0.6) is 0 Å². The highest BCUT2D eigenvalue weighted by Crippen LogP contribution is 2.23. The van der Waals surface area contributed by atoms with Gasteiger partial charge in [-0.05, 0) is 30.0 Å². The monoisotopic (exact) mass is 369 g/mol. The Morgan fingerprint density at radius 1 is 1.16 bits per heavy atom. The van der Waals surface area contributed by atoms with Crippen molar-refractivity contribution in [2.24, 2.45) is 4.99 Å². The maximum Gasteiger partial charge on any atom is 0.191 e. The average molecular weight is 370 g/mol. The SMILES string of the molecule is CCNC(=NCCOC)NCCS(=O)(=O)c1ccc(C(C)(C)C)cc1. The van der Waals surface area contributed by atoms with Crippen LogP contribution in [0.15, 0.2) is 34.2 Å². The number of guanidine groups is 1. The first kappa shape index (κ1) is 21.4. The Bertz CT molecular complexity index is 647. The Labute approximate surface area is 152 Å². The summed E-state index contributed by atoms with van der Waals surface area (Å²) in [7, 11) is -1.71. The molecule has 1 aromatic carbocycles. The van der Waals surface area contributed by atoms with Gasteiger partial charge in [-0.15, -0.1) is 0 Å². The fourth-order valence-corrected chi connectivity index (χ4v) is 3.33. The summed E-state index contributed by atoms with van der Waals surface area (Å²) in [6.07, 6.45) is 0. The molecule has 0 spiro atoms. The molecular weight excluding hydrogens is 338 g/mol. The van der Waals surface area contributed by atoms with Gasteiger partial charge in [-0.25, -0.2) is 8.42 Å². The maximum atomic E-state index is 12.5. The van der Waals surface area contributed by atoms with Crippen LogP contribution in [-0.4, -0.2) is 53.5 Å². The minimum absolute atomic E-state index is 0.00321. The Morgan fingerprint density at radius 2 is 1.80 bits per heavy atom. The van der Waals surface area contributed by atoms with Crippen molar-refractivity contribution in [2.75, 3.05) is 39.1 Å². The van der Waals surface area contributed by atoms with Crippen molar-refractivity contribution in [1.29, 1.82) is 0 Å². The van der Waals surface area contributed by atoms with Gasteiger partial charge in [0.05, 0.1) is 23.8 Å². The van der Waals surface area contributed by atoms with Gasteiger partial charge in [-0.3, -0.25) is 4.99 Å². The summed E-state index contributed by atoms with van der Waals surface area (Å²) < 4.78 is 29.9. The van der Waals surface area contributed by atoms with Crippen LogP contribution in [0.4, 0.5) is 0 Å². The Balaban J connectivity index is 2.66.